The Hall–Kier alpha value is -1.86. The summed E-state index contributed by atoms with van der Waals surface area (Å²) < 4.78 is 28.6. The monoisotopic (exact) mass is 324 g/mol. The minimum atomic E-state index is -3.31. The predicted molar refractivity (Wildman–Crippen MR) is 84.0 cm³/mol. The van der Waals surface area contributed by atoms with Crippen molar-refractivity contribution in [2.45, 2.75) is 24.3 Å². The number of nitrogens with one attached hydrogen (secondary N) is 2. The number of ether oxygens (including phenoxy) is 1. The summed E-state index contributed by atoms with van der Waals surface area (Å²) in [6.07, 6.45) is 5.35. The van der Waals surface area contributed by atoms with Crippen LogP contribution in [0.4, 0.5) is 0 Å². The Morgan fingerprint density at radius 2 is 2.05 bits per heavy atom. The maximum Gasteiger partial charge on any atom is 0.234 e. The lowest BCUT2D eigenvalue weighted by Crippen LogP contribution is -2.52. The van der Waals surface area contributed by atoms with E-state index >= 15 is 0 Å². The first-order chi connectivity index (χ1) is 10.3. The molecule has 1 amide bonds. The third kappa shape index (κ3) is 4.08. The Kier molecular flexibility index (Phi) is 4.87. The summed E-state index contributed by atoms with van der Waals surface area (Å²) >= 11 is 0. The molecular weight excluding hydrogens is 304 g/mol. The van der Waals surface area contributed by atoms with Crippen molar-refractivity contribution in [2.75, 3.05) is 13.4 Å². The van der Waals surface area contributed by atoms with Gasteiger partial charge in [0.2, 0.25) is 5.91 Å². The van der Waals surface area contributed by atoms with E-state index in [-0.39, 0.29) is 22.8 Å². The molecule has 0 spiro atoms. The van der Waals surface area contributed by atoms with Gasteiger partial charge in [-0.3, -0.25) is 10.2 Å². The van der Waals surface area contributed by atoms with Crippen LogP contribution in [0.15, 0.2) is 29.2 Å². The summed E-state index contributed by atoms with van der Waals surface area (Å²) in [5.41, 5.74) is 6.25. The molecular formula is C15H20N2O4S. The van der Waals surface area contributed by atoms with Gasteiger partial charge in [0.15, 0.2) is 9.84 Å². The van der Waals surface area contributed by atoms with Gasteiger partial charge in [-0.2, -0.15) is 0 Å². The first-order valence-corrected chi connectivity index (χ1v) is 8.80. The molecule has 2 unspecified atom stereocenters. The highest BCUT2D eigenvalue weighted by molar-refractivity contribution is 7.90. The number of rotatable bonds is 4. The summed E-state index contributed by atoms with van der Waals surface area (Å²) in [4.78, 5) is 11.5. The van der Waals surface area contributed by atoms with E-state index in [1.165, 1.54) is 13.2 Å². The quantitative estimate of drug-likeness (QED) is 0.868. The normalized spacial score (nSPS) is 22.6. The molecule has 1 aliphatic rings. The van der Waals surface area contributed by atoms with Crippen LogP contribution >= 0.6 is 0 Å². The van der Waals surface area contributed by atoms with E-state index in [0.29, 0.717) is 12.2 Å². The summed E-state index contributed by atoms with van der Waals surface area (Å²) in [6.45, 7) is 1.98. The highest BCUT2D eigenvalue weighted by Gasteiger charge is 2.23. The van der Waals surface area contributed by atoms with Gasteiger partial charge in [0.05, 0.1) is 12.0 Å². The van der Waals surface area contributed by atoms with Crippen molar-refractivity contribution < 1.29 is 17.9 Å². The van der Waals surface area contributed by atoms with E-state index in [9.17, 15) is 13.2 Å². The van der Waals surface area contributed by atoms with E-state index in [1.807, 2.05) is 19.1 Å². The maximum absolute atomic E-state index is 11.7. The second kappa shape index (κ2) is 6.50. The Labute approximate surface area is 130 Å². The molecule has 0 aliphatic carbocycles. The zero-order valence-electron chi connectivity index (χ0n) is 12.8. The summed E-state index contributed by atoms with van der Waals surface area (Å²) in [7, 11) is -1.81. The van der Waals surface area contributed by atoms with Crippen LogP contribution in [0.25, 0.3) is 6.08 Å². The molecule has 1 fully saturated rings. The summed E-state index contributed by atoms with van der Waals surface area (Å²) in [5.74, 6) is 0.614. The smallest absolute Gasteiger partial charge is 0.234 e. The number of hydrazine groups is 1. The number of sulfone groups is 1. The van der Waals surface area contributed by atoms with Crippen LogP contribution in [-0.4, -0.2) is 33.7 Å². The SMILES string of the molecule is COc1cc(/C=C/C2NNC(=O)CC2C)cc(S(C)(=O)=O)c1. The van der Waals surface area contributed by atoms with Gasteiger partial charge < -0.3 is 4.74 Å². The van der Waals surface area contributed by atoms with Crippen LogP contribution in [0.5, 0.6) is 5.75 Å². The molecule has 1 aromatic rings. The molecule has 120 valence electrons. The summed E-state index contributed by atoms with van der Waals surface area (Å²) in [6, 6.07) is 4.84. The van der Waals surface area contributed by atoms with Crippen LogP contribution in [0, 0.1) is 5.92 Å². The van der Waals surface area contributed by atoms with Crippen molar-refractivity contribution in [3.63, 3.8) is 0 Å². The Morgan fingerprint density at radius 1 is 1.32 bits per heavy atom. The van der Waals surface area contributed by atoms with Crippen LogP contribution < -0.4 is 15.6 Å². The van der Waals surface area contributed by atoms with Crippen LogP contribution in [0.3, 0.4) is 0 Å². The highest BCUT2D eigenvalue weighted by Crippen LogP contribution is 2.22. The number of amides is 1. The fourth-order valence-electron chi connectivity index (χ4n) is 2.25. The number of hydrogen-bond acceptors (Lipinski definition) is 5. The van der Waals surface area contributed by atoms with Gasteiger partial charge in [-0.15, -0.1) is 0 Å². The Balaban J connectivity index is 2.25. The molecule has 0 aromatic heterocycles. The minimum Gasteiger partial charge on any atom is -0.497 e. The molecule has 1 aliphatic heterocycles. The number of carbonyl (C=O) groups is 1. The standard InChI is InChI=1S/C15H20N2O4S/c1-10-6-15(18)17-16-14(10)5-4-11-7-12(21-2)9-13(8-11)22(3,19)20/h4-5,7-10,14,16H,6H2,1-3H3,(H,17,18)/b5-4+. The zero-order valence-corrected chi connectivity index (χ0v) is 13.6. The van der Waals surface area contributed by atoms with Crippen molar-refractivity contribution in [3.05, 3.63) is 29.8 Å². The van der Waals surface area contributed by atoms with E-state index in [4.69, 9.17) is 4.74 Å². The fourth-order valence-corrected chi connectivity index (χ4v) is 2.93. The Morgan fingerprint density at radius 3 is 2.64 bits per heavy atom. The largest absolute Gasteiger partial charge is 0.497 e. The topological polar surface area (TPSA) is 84.5 Å². The zero-order chi connectivity index (χ0) is 16.3. The van der Waals surface area contributed by atoms with E-state index in [1.54, 1.807) is 12.1 Å². The van der Waals surface area contributed by atoms with Crippen molar-refractivity contribution in [2.24, 2.45) is 5.92 Å². The first-order valence-electron chi connectivity index (χ1n) is 6.91. The molecule has 7 heteroatoms. The molecule has 1 heterocycles. The van der Waals surface area contributed by atoms with E-state index in [2.05, 4.69) is 10.9 Å². The fraction of sp³-hybridized carbons (Fsp3) is 0.400. The number of methoxy groups -OCH3 is 1. The van der Waals surface area contributed by atoms with E-state index < -0.39 is 9.84 Å². The highest BCUT2D eigenvalue weighted by atomic mass is 32.2. The molecule has 2 atom stereocenters. The van der Waals surface area contributed by atoms with Crippen LogP contribution in [0.2, 0.25) is 0 Å². The maximum atomic E-state index is 11.7. The van der Waals surface area contributed by atoms with Gasteiger partial charge in [0.1, 0.15) is 5.75 Å². The van der Waals surface area contributed by atoms with E-state index in [0.717, 1.165) is 11.8 Å². The second-order valence-electron chi connectivity index (χ2n) is 5.47. The lowest BCUT2D eigenvalue weighted by Gasteiger charge is -2.27. The third-order valence-electron chi connectivity index (χ3n) is 3.56. The molecule has 1 aromatic carbocycles. The molecule has 0 radical (unpaired) electrons. The first kappa shape index (κ1) is 16.5. The number of hydrogen-bond donors (Lipinski definition) is 2. The molecule has 0 saturated carbocycles. The molecule has 6 nitrogen and oxygen atoms in total. The average Bonchev–Trinajstić information content (AvgIpc) is 2.45. The van der Waals surface area contributed by atoms with Gasteiger partial charge in [0, 0.05) is 18.7 Å². The van der Waals surface area contributed by atoms with Crippen LogP contribution in [0.1, 0.15) is 18.9 Å². The lowest BCUT2D eigenvalue weighted by molar-refractivity contribution is -0.125. The van der Waals surface area contributed by atoms with Gasteiger partial charge in [-0.25, -0.2) is 13.8 Å². The average molecular weight is 324 g/mol. The van der Waals surface area contributed by atoms with Crippen molar-refractivity contribution in [1.82, 2.24) is 10.9 Å². The number of carbonyl (C=O) groups excluding carboxylic acids is 1. The number of benzene rings is 1. The van der Waals surface area contributed by atoms with Crippen molar-refractivity contribution in [3.8, 4) is 5.75 Å². The van der Waals surface area contributed by atoms with Gasteiger partial charge >= 0.3 is 0 Å². The third-order valence-corrected chi connectivity index (χ3v) is 4.65. The molecule has 0 bridgehead atoms. The molecule has 2 N–H and O–H groups in total. The molecule has 1 saturated heterocycles. The van der Waals surface area contributed by atoms with Gasteiger partial charge in [-0.1, -0.05) is 19.1 Å². The van der Waals surface area contributed by atoms with Crippen molar-refractivity contribution in [1.29, 1.82) is 0 Å². The lowest BCUT2D eigenvalue weighted by atomic mass is 9.96. The molecule has 22 heavy (non-hydrogen) atoms. The van der Waals surface area contributed by atoms with Gasteiger partial charge in [0.25, 0.3) is 0 Å². The van der Waals surface area contributed by atoms with Crippen LogP contribution in [-0.2, 0) is 14.6 Å². The van der Waals surface area contributed by atoms with Gasteiger partial charge in [-0.05, 0) is 29.7 Å². The predicted octanol–water partition coefficient (Wildman–Crippen LogP) is 1.14. The second-order valence-corrected chi connectivity index (χ2v) is 7.49. The summed E-state index contributed by atoms with van der Waals surface area (Å²) in [5, 5.41) is 0. The van der Waals surface area contributed by atoms with Crippen molar-refractivity contribution >= 4 is 21.8 Å². The minimum absolute atomic E-state index is 0.00872. The Bertz CT molecular complexity index is 697. The molecule has 2 rings (SSSR count).